The van der Waals surface area contributed by atoms with E-state index in [1.807, 2.05) is 19.1 Å². The van der Waals surface area contributed by atoms with Crippen molar-refractivity contribution in [2.45, 2.75) is 30.8 Å². The molecule has 0 spiro atoms. The van der Waals surface area contributed by atoms with E-state index in [1.165, 1.54) is 12.1 Å². The number of ether oxygens (including phenoxy) is 2. The second-order valence-electron chi connectivity index (χ2n) is 6.74. The Bertz CT molecular complexity index is 1000. The predicted molar refractivity (Wildman–Crippen MR) is 104 cm³/mol. The summed E-state index contributed by atoms with van der Waals surface area (Å²) in [5.41, 5.74) is 0.952. The topological polar surface area (TPSA) is 69.7 Å². The number of methoxy groups -OCH3 is 1. The lowest BCUT2D eigenvalue weighted by atomic mass is 9.90. The zero-order valence-electron chi connectivity index (χ0n) is 15.8. The van der Waals surface area contributed by atoms with E-state index in [4.69, 9.17) is 9.47 Å². The van der Waals surface area contributed by atoms with Gasteiger partial charge in [-0.3, -0.25) is 4.79 Å². The smallest absolute Gasteiger partial charge is 0.210 e. The number of benzene rings is 2. The van der Waals surface area contributed by atoms with Crippen molar-refractivity contribution >= 4 is 27.0 Å². The monoisotopic (exact) mass is 386 g/mol. The number of ketones is 1. The van der Waals surface area contributed by atoms with Gasteiger partial charge in [0.1, 0.15) is 11.5 Å². The molecule has 6 heteroatoms. The molecule has 5 nitrogen and oxygen atoms in total. The van der Waals surface area contributed by atoms with Gasteiger partial charge in [-0.25, -0.2) is 8.42 Å². The van der Waals surface area contributed by atoms with Gasteiger partial charge in [-0.15, -0.1) is 0 Å². The number of Topliss-reactive ketones (excluding diaryl/α,β-unsaturated/α-hetero) is 1. The van der Waals surface area contributed by atoms with Crippen molar-refractivity contribution in [1.82, 2.24) is 0 Å². The molecule has 1 atom stereocenters. The number of carbonyl (C=O) groups is 1. The van der Waals surface area contributed by atoms with Crippen LogP contribution < -0.4 is 4.74 Å². The predicted octanol–water partition coefficient (Wildman–Crippen LogP) is 3.74. The summed E-state index contributed by atoms with van der Waals surface area (Å²) in [5.74, 6) is 1.08. The maximum absolute atomic E-state index is 13.1. The lowest BCUT2D eigenvalue weighted by Crippen LogP contribution is -2.32. The molecule has 1 aliphatic heterocycles. The van der Waals surface area contributed by atoms with Crippen LogP contribution in [0.3, 0.4) is 0 Å². The molecule has 27 heavy (non-hydrogen) atoms. The van der Waals surface area contributed by atoms with E-state index >= 15 is 0 Å². The van der Waals surface area contributed by atoms with Gasteiger partial charge in [0.05, 0.1) is 17.6 Å². The van der Waals surface area contributed by atoms with Crippen LogP contribution in [0.4, 0.5) is 0 Å². The number of rotatable bonds is 5. The summed E-state index contributed by atoms with van der Waals surface area (Å²) in [7, 11) is -1.71. The first-order valence-electron chi connectivity index (χ1n) is 8.62. The van der Waals surface area contributed by atoms with Gasteiger partial charge in [-0.1, -0.05) is 19.1 Å². The molecule has 1 aliphatic rings. The largest absolute Gasteiger partial charge is 0.497 e. The zero-order chi connectivity index (χ0) is 19.8. The van der Waals surface area contributed by atoms with Crippen molar-refractivity contribution in [3.63, 3.8) is 0 Å². The van der Waals surface area contributed by atoms with Crippen LogP contribution in [-0.4, -0.2) is 33.2 Å². The molecule has 0 bridgehead atoms. The molecule has 1 unspecified atom stereocenters. The van der Waals surface area contributed by atoms with Crippen LogP contribution in [0, 0.1) is 0 Å². The second-order valence-corrected chi connectivity index (χ2v) is 8.76. The summed E-state index contributed by atoms with van der Waals surface area (Å²) in [4.78, 5) is 13.3. The van der Waals surface area contributed by atoms with Gasteiger partial charge >= 0.3 is 0 Å². The molecule has 0 fully saturated rings. The molecular weight excluding hydrogens is 364 g/mol. The van der Waals surface area contributed by atoms with Gasteiger partial charge in [0.25, 0.3) is 0 Å². The van der Waals surface area contributed by atoms with E-state index in [0.717, 1.165) is 11.8 Å². The first-order chi connectivity index (χ1) is 12.7. The van der Waals surface area contributed by atoms with Crippen LogP contribution in [0.25, 0.3) is 11.3 Å². The van der Waals surface area contributed by atoms with Crippen LogP contribution in [0.5, 0.6) is 5.75 Å². The van der Waals surface area contributed by atoms with Crippen LogP contribution in [0.15, 0.2) is 53.4 Å². The van der Waals surface area contributed by atoms with Crippen molar-refractivity contribution in [3.05, 3.63) is 59.7 Å². The molecule has 0 aliphatic carbocycles. The number of sulfone groups is 1. The molecule has 1 heterocycles. The number of hydrogen-bond donors (Lipinski definition) is 0. The van der Waals surface area contributed by atoms with Crippen molar-refractivity contribution in [3.8, 4) is 5.75 Å². The molecular formula is C21H22O5S. The summed E-state index contributed by atoms with van der Waals surface area (Å²) < 4.78 is 34.7. The lowest BCUT2D eigenvalue weighted by Gasteiger charge is -2.21. The minimum Gasteiger partial charge on any atom is -0.497 e. The highest BCUT2D eigenvalue weighted by molar-refractivity contribution is 7.90. The Balaban J connectivity index is 2.14. The number of hydrogen-bond acceptors (Lipinski definition) is 5. The maximum Gasteiger partial charge on any atom is 0.210 e. The van der Waals surface area contributed by atoms with Gasteiger partial charge in [-0.2, -0.15) is 0 Å². The third-order valence-corrected chi connectivity index (χ3v) is 5.99. The Morgan fingerprint density at radius 3 is 2.04 bits per heavy atom. The first-order valence-corrected chi connectivity index (χ1v) is 10.5. The Hall–Kier alpha value is -2.60. The minimum absolute atomic E-state index is 0.0858. The average Bonchev–Trinajstić information content (AvgIpc) is 2.93. The lowest BCUT2D eigenvalue weighted by molar-refractivity contribution is -0.126. The van der Waals surface area contributed by atoms with Crippen LogP contribution in [0.1, 0.15) is 31.4 Å². The summed E-state index contributed by atoms with van der Waals surface area (Å²) in [5, 5.41) is 0. The quantitative estimate of drug-likeness (QED) is 0.783. The van der Waals surface area contributed by atoms with Gasteiger partial charge in [0.15, 0.2) is 15.4 Å². The summed E-state index contributed by atoms with van der Waals surface area (Å²) in [6.07, 6.45) is 1.68. The second kappa shape index (κ2) is 6.85. The molecule has 142 valence electrons. The van der Waals surface area contributed by atoms with E-state index in [2.05, 4.69) is 0 Å². The highest BCUT2D eigenvalue weighted by Gasteiger charge is 2.45. The summed E-state index contributed by atoms with van der Waals surface area (Å²) in [6.45, 7) is 3.68. The highest BCUT2D eigenvalue weighted by atomic mass is 32.2. The van der Waals surface area contributed by atoms with Gasteiger partial charge in [-0.05, 0) is 55.3 Å². The molecule has 0 saturated heterocycles. The van der Waals surface area contributed by atoms with E-state index in [1.54, 1.807) is 38.3 Å². The van der Waals surface area contributed by atoms with Crippen molar-refractivity contribution in [2.75, 3.05) is 13.4 Å². The fourth-order valence-corrected chi connectivity index (χ4v) is 3.63. The van der Waals surface area contributed by atoms with Gasteiger partial charge in [0, 0.05) is 11.8 Å². The average molecular weight is 386 g/mol. The van der Waals surface area contributed by atoms with Crippen molar-refractivity contribution in [1.29, 1.82) is 0 Å². The van der Waals surface area contributed by atoms with Crippen molar-refractivity contribution < 1.29 is 22.7 Å². The maximum atomic E-state index is 13.1. The van der Waals surface area contributed by atoms with Gasteiger partial charge in [0.2, 0.25) is 5.78 Å². The molecule has 3 rings (SSSR count). The summed E-state index contributed by atoms with van der Waals surface area (Å²) >= 11 is 0. The molecule has 0 N–H and O–H groups in total. The molecule has 0 saturated carbocycles. The minimum atomic E-state index is -3.29. The van der Waals surface area contributed by atoms with E-state index in [9.17, 15) is 13.2 Å². The summed E-state index contributed by atoms with van der Waals surface area (Å²) in [6, 6.07) is 13.6. The SMILES string of the molecule is CCC1(C)OC(c2ccc(S(C)(=O)=O)cc2)=C(c2ccc(OC)cc2)C1=O. The Morgan fingerprint density at radius 2 is 1.56 bits per heavy atom. The fraction of sp³-hybridized carbons (Fsp3) is 0.286. The zero-order valence-corrected chi connectivity index (χ0v) is 16.6. The molecule has 0 aromatic heterocycles. The number of carbonyl (C=O) groups excluding carboxylic acids is 1. The highest BCUT2D eigenvalue weighted by Crippen LogP contribution is 2.43. The molecule has 0 amide bonds. The third-order valence-electron chi connectivity index (χ3n) is 4.86. The Kier molecular flexibility index (Phi) is 4.86. The normalized spacial score (nSPS) is 19.9. The fourth-order valence-electron chi connectivity index (χ4n) is 3.00. The molecule has 2 aromatic rings. The molecule has 0 radical (unpaired) electrons. The standard InChI is InChI=1S/C21H22O5S/c1-5-21(2)20(22)18(14-6-10-16(25-3)11-7-14)19(26-21)15-8-12-17(13-9-15)27(4,23)24/h6-13H,5H2,1-4H3. The van der Waals surface area contributed by atoms with E-state index in [0.29, 0.717) is 29.1 Å². The van der Waals surface area contributed by atoms with Gasteiger partial charge < -0.3 is 9.47 Å². The molecule has 2 aromatic carbocycles. The van der Waals surface area contributed by atoms with E-state index < -0.39 is 15.4 Å². The Labute approximate surface area is 159 Å². The van der Waals surface area contributed by atoms with Crippen molar-refractivity contribution in [2.24, 2.45) is 0 Å². The van der Waals surface area contributed by atoms with Crippen LogP contribution >= 0.6 is 0 Å². The first kappa shape index (κ1) is 19.2. The van der Waals surface area contributed by atoms with Crippen LogP contribution in [0.2, 0.25) is 0 Å². The third kappa shape index (κ3) is 3.49. The van der Waals surface area contributed by atoms with E-state index in [-0.39, 0.29) is 10.7 Å². The van der Waals surface area contributed by atoms with Crippen LogP contribution in [-0.2, 0) is 19.4 Å². The Morgan fingerprint density at radius 1 is 1.00 bits per heavy atom.